The van der Waals surface area contributed by atoms with E-state index in [1.807, 2.05) is 0 Å². The van der Waals surface area contributed by atoms with Crippen LogP contribution < -0.4 is 21.5 Å². The number of halogens is 2. The first kappa shape index (κ1) is 21.9. The van der Waals surface area contributed by atoms with Gasteiger partial charge in [0.2, 0.25) is 0 Å². The van der Waals surface area contributed by atoms with E-state index in [1.54, 1.807) is 29.2 Å². The predicted octanol–water partition coefficient (Wildman–Crippen LogP) is 2.12. The van der Waals surface area contributed by atoms with Crippen LogP contribution in [-0.4, -0.2) is 44.0 Å². The molecule has 0 aliphatic carbocycles. The fourth-order valence-corrected chi connectivity index (χ4v) is 4.57. The summed E-state index contributed by atoms with van der Waals surface area (Å²) in [5.41, 5.74) is -0.603. The number of benzene rings is 1. The molecule has 170 valence electrons. The summed E-state index contributed by atoms with van der Waals surface area (Å²) in [6, 6.07) is 6.67. The van der Waals surface area contributed by atoms with Crippen molar-refractivity contribution in [3.8, 4) is 0 Å². The Hall–Kier alpha value is -3.27. The highest BCUT2D eigenvalue weighted by atomic mass is 35.5. The Kier molecular flexibility index (Phi) is 5.72. The molecule has 3 heterocycles. The van der Waals surface area contributed by atoms with Gasteiger partial charge in [-0.25, -0.2) is 14.0 Å². The molecule has 3 aromatic rings. The Bertz CT molecular complexity index is 1330. The summed E-state index contributed by atoms with van der Waals surface area (Å²) in [5.74, 6) is -0.560. The van der Waals surface area contributed by atoms with Crippen LogP contribution in [0.25, 0.3) is 11.0 Å². The Balaban J connectivity index is 1.96. The lowest BCUT2D eigenvalue weighted by atomic mass is 10.1. The summed E-state index contributed by atoms with van der Waals surface area (Å²) >= 11 is 6.34. The zero-order chi connectivity index (χ0) is 23.2. The van der Waals surface area contributed by atoms with Gasteiger partial charge in [-0.2, -0.15) is 0 Å². The second-order valence-electron chi connectivity index (χ2n) is 7.95. The van der Waals surface area contributed by atoms with E-state index in [2.05, 4.69) is 5.32 Å². The minimum Gasteiger partial charge on any atom is -0.465 e. The summed E-state index contributed by atoms with van der Waals surface area (Å²) in [7, 11) is 2.77. The molecule has 2 N–H and O–H groups in total. The predicted molar refractivity (Wildman–Crippen MR) is 119 cm³/mol. The summed E-state index contributed by atoms with van der Waals surface area (Å²) < 4.78 is 19.5. The number of rotatable bonds is 4. The van der Waals surface area contributed by atoms with Gasteiger partial charge in [0.05, 0.1) is 6.54 Å². The molecule has 1 aromatic carbocycles. The van der Waals surface area contributed by atoms with Crippen LogP contribution in [-0.2, 0) is 20.6 Å². The number of hydrogen-bond acceptors (Lipinski definition) is 4. The second kappa shape index (κ2) is 8.34. The van der Waals surface area contributed by atoms with E-state index < -0.39 is 23.2 Å². The molecule has 1 fully saturated rings. The van der Waals surface area contributed by atoms with Gasteiger partial charge in [0.25, 0.3) is 5.56 Å². The number of nitrogens with one attached hydrogen (secondary N) is 1. The van der Waals surface area contributed by atoms with E-state index in [0.29, 0.717) is 30.0 Å². The van der Waals surface area contributed by atoms with E-state index in [0.717, 1.165) is 9.13 Å². The van der Waals surface area contributed by atoms with E-state index in [-0.39, 0.29) is 36.0 Å². The average Bonchev–Trinajstić information content (AvgIpc) is 3.04. The summed E-state index contributed by atoms with van der Waals surface area (Å²) in [5, 5.41) is 12.0. The molecule has 0 radical (unpaired) electrons. The largest absolute Gasteiger partial charge is 0.465 e. The molecule has 32 heavy (non-hydrogen) atoms. The fraction of sp³-hybridized carbons (Fsp3) is 0.381. The number of aryl methyl sites for hydroxylation is 1. The van der Waals surface area contributed by atoms with E-state index in [4.69, 9.17) is 16.7 Å². The first-order valence-electron chi connectivity index (χ1n) is 10.2. The highest BCUT2D eigenvalue weighted by Crippen LogP contribution is 2.32. The van der Waals surface area contributed by atoms with Gasteiger partial charge in [0.15, 0.2) is 5.82 Å². The van der Waals surface area contributed by atoms with Crippen molar-refractivity contribution in [3.05, 3.63) is 61.5 Å². The molecule has 0 spiro atoms. The highest BCUT2D eigenvalue weighted by Gasteiger charge is 2.31. The van der Waals surface area contributed by atoms with Crippen molar-refractivity contribution in [1.29, 1.82) is 0 Å². The van der Waals surface area contributed by atoms with Crippen LogP contribution in [0.3, 0.4) is 0 Å². The van der Waals surface area contributed by atoms with Crippen LogP contribution in [0.2, 0.25) is 5.02 Å². The van der Waals surface area contributed by atoms with E-state index >= 15 is 4.39 Å². The molecule has 1 amide bonds. The topological polar surface area (TPSA) is 102 Å². The lowest BCUT2D eigenvalue weighted by Crippen LogP contribution is -2.48. The van der Waals surface area contributed by atoms with Crippen molar-refractivity contribution < 1.29 is 14.3 Å². The van der Waals surface area contributed by atoms with Gasteiger partial charge in [-0.3, -0.25) is 13.9 Å². The normalized spacial score (nSPS) is 16.5. The maximum Gasteiger partial charge on any atom is 0.404 e. The zero-order valence-corrected chi connectivity index (χ0v) is 18.4. The third-order valence-corrected chi connectivity index (χ3v) is 6.27. The van der Waals surface area contributed by atoms with Gasteiger partial charge < -0.3 is 19.9 Å². The number of nitrogens with zero attached hydrogens (tertiary/aromatic N) is 4. The maximum absolute atomic E-state index is 15.9. The van der Waals surface area contributed by atoms with Gasteiger partial charge in [0, 0.05) is 38.2 Å². The molecule has 11 heteroatoms. The monoisotopic (exact) mass is 463 g/mol. The van der Waals surface area contributed by atoms with Crippen LogP contribution in [0.1, 0.15) is 18.4 Å². The first-order chi connectivity index (χ1) is 15.2. The Morgan fingerprint density at radius 3 is 2.62 bits per heavy atom. The van der Waals surface area contributed by atoms with Crippen molar-refractivity contribution in [3.63, 3.8) is 0 Å². The van der Waals surface area contributed by atoms with Gasteiger partial charge in [-0.15, -0.1) is 0 Å². The first-order valence-corrected chi connectivity index (χ1v) is 10.5. The standard InChI is InChI=1S/C21H23ClFN5O4/c1-25-16-15(23)18(27-9-5-7-13(11-27)24-20(30)31)28(10-12-6-3-4-8-14(12)22)17(16)19(29)26(2)21(25)32/h3-4,6,8,13,24H,5,7,9-11H2,1-2H3,(H,30,31)/t13-/m1/s1. The quantitative estimate of drug-likeness (QED) is 0.617. The molecule has 2 aromatic heterocycles. The van der Waals surface area contributed by atoms with Crippen molar-refractivity contribution in [2.45, 2.75) is 25.4 Å². The molecular formula is C21H23ClFN5O4. The molecule has 0 saturated carbocycles. The summed E-state index contributed by atoms with van der Waals surface area (Å²) in [6.07, 6.45) is 0.106. The number of piperidine rings is 1. The maximum atomic E-state index is 15.9. The minimum atomic E-state index is -1.15. The molecule has 0 unspecified atom stereocenters. The number of fused-ring (bicyclic) bond motifs is 1. The molecule has 1 aliphatic rings. The lowest BCUT2D eigenvalue weighted by Gasteiger charge is -2.34. The molecule has 0 bridgehead atoms. The molecule has 4 rings (SSSR count). The van der Waals surface area contributed by atoms with E-state index in [1.165, 1.54) is 18.7 Å². The van der Waals surface area contributed by atoms with Crippen LogP contribution in [0.15, 0.2) is 33.9 Å². The number of carboxylic acid groups (broad SMARTS) is 1. The van der Waals surface area contributed by atoms with Crippen molar-refractivity contribution in [2.75, 3.05) is 18.0 Å². The minimum absolute atomic E-state index is 0.0512. The van der Waals surface area contributed by atoms with Crippen molar-refractivity contribution >= 4 is 34.5 Å². The van der Waals surface area contributed by atoms with Gasteiger partial charge >= 0.3 is 11.8 Å². The van der Waals surface area contributed by atoms with Crippen LogP contribution in [0.4, 0.5) is 15.0 Å². The Labute approximate surface area is 187 Å². The fourth-order valence-electron chi connectivity index (χ4n) is 4.37. The molecule has 9 nitrogen and oxygen atoms in total. The van der Waals surface area contributed by atoms with Crippen LogP contribution in [0.5, 0.6) is 0 Å². The van der Waals surface area contributed by atoms with Crippen LogP contribution in [0, 0.1) is 5.82 Å². The third-order valence-electron chi connectivity index (χ3n) is 5.91. The number of aromatic nitrogens is 3. The van der Waals surface area contributed by atoms with Gasteiger partial charge in [0.1, 0.15) is 16.9 Å². The van der Waals surface area contributed by atoms with Crippen LogP contribution >= 0.6 is 11.6 Å². The Morgan fingerprint density at radius 1 is 1.22 bits per heavy atom. The summed E-state index contributed by atoms with van der Waals surface area (Å²) in [6.45, 7) is 0.814. The lowest BCUT2D eigenvalue weighted by molar-refractivity contribution is 0.188. The number of carbonyl (C=O) groups is 1. The smallest absolute Gasteiger partial charge is 0.404 e. The Morgan fingerprint density at radius 2 is 1.94 bits per heavy atom. The molecule has 1 atom stereocenters. The van der Waals surface area contributed by atoms with Gasteiger partial charge in [-0.1, -0.05) is 29.8 Å². The number of amides is 1. The second-order valence-corrected chi connectivity index (χ2v) is 8.36. The summed E-state index contributed by atoms with van der Waals surface area (Å²) in [4.78, 5) is 38.4. The molecular weight excluding hydrogens is 441 g/mol. The zero-order valence-electron chi connectivity index (χ0n) is 17.6. The van der Waals surface area contributed by atoms with E-state index in [9.17, 15) is 14.4 Å². The number of hydrogen-bond donors (Lipinski definition) is 2. The SMILES string of the molecule is Cn1c(=O)c2c(c(F)c(N3CCC[C@@H](NC(=O)O)C3)n2Cc2ccccc2Cl)n(C)c1=O. The third kappa shape index (κ3) is 3.64. The molecule has 1 aliphatic heterocycles. The number of anilines is 1. The molecule has 1 saturated heterocycles. The van der Waals surface area contributed by atoms with Crippen molar-refractivity contribution in [2.24, 2.45) is 14.1 Å². The highest BCUT2D eigenvalue weighted by molar-refractivity contribution is 6.31. The van der Waals surface area contributed by atoms with Gasteiger partial charge in [-0.05, 0) is 24.5 Å². The van der Waals surface area contributed by atoms with Crippen molar-refractivity contribution in [1.82, 2.24) is 19.0 Å². The average molecular weight is 464 g/mol.